The van der Waals surface area contributed by atoms with Crippen molar-refractivity contribution in [1.29, 1.82) is 0 Å². The SMILES string of the molecule is COc1c(Cl)cc(/C(O)=C2\C(=O)C(=O)N(Cc3cccnc3)C2c2ccc(Cl)c(Cl)c2)c(OC)c1Cl. The maximum absolute atomic E-state index is 13.3. The first-order chi connectivity index (χ1) is 17.2. The lowest BCUT2D eigenvalue weighted by Gasteiger charge is -2.26. The quantitative estimate of drug-likeness (QED) is 0.212. The van der Waals surface area contributed by atoms with Crippen LogP contribution < -0.4 is 9.47 Å². The van der Waals surface area contributed by atoms with E-state index in [-0.39, 0.29) is 44.2 Å². The molecule has 1 atom stereocenters. The fourth-order valence-corrected chi connectivity index (χ4v) is 5.05. The number of likely N-dealkylation sites (tertiary alicyclic amines) is 1. The lowest BCUT2D eigenvalue weighted by molar-refractivity contribution is -0.140. The number of methoxy groups -OCH3 is 2. The Balaban J connectivity index is 1.97. The maximum Gasteiger partial charge on any atom is 0.295 e. The Kier molecular flexibility index (Phi) is 7.66. The van der Waals surface area contributed by atoms with Crippen LogP contribution >= 0.6 is 46.4 Å². The van der Waals surface area contributed by atoms with Gasteiger partial charge in [0.15, 0.2) is 11.5 Å². The number of benzene rings is 2. The molecule has 2 aromatic carbocycles. The molecule has 186 valence electrons. The summed E-state index contributed by atoms with van der Waals surface area (Å²) in [5, 5.41) is 12.0. The molecule has 11 heteroatoms. The van der Waals surface area contributed by atoms with E-state index in [4.69, 9.17) is 55.9 Å². The first-order valence-electron chi connectivity index (χ1n) is 10.4. The normalized spacial score (nSPS) is 16.9. The number of aromatic nitrogens is 1. The van der Waals surface area contributed by atoms with E-state index in [0.717, 1.165) is 0 Å². The molecule has 1 aromatic heterocycles. The molecule has 0 spiro atoms. The zero-order valence-corrected chi connectivity index (χ0v) is 21.9. The molecular formula is C25H18Cl4N2O5. The van der Waals surface area contributed by atoms with E-state index < -0.39 is 23.5 Å². The molecule has 0 radical (unpaired) electrons. The van der Waals surface area contributed by atoms with Crippen molar-refractivity contribution in [3.63, 3.8) is 0 Å². The summed E-state index contributed by atoms with van der Waals surface area (Å²) in [6, 6.07) is 8.53. The van der Waals surface area contributed by atoms with E-state index in [1.165, 1.54) is 31.3 Å². The molecule has 1 saturated heterocycles. The number of ketones is 1. The number of rotatable bonds is 6. The van der Waals surface area contributed by atoms with Gasteiger partial charge >= 0.3 is 0 Å². The summed E-state index contributed by atoms with van der Waals surface area (Å²) in [5.41, 5.74) is 0.951. The van der Waals surface area contributed by atoms with Crippen LogP contribution in [-0.2, 0) is 16.1 Å². The number of aliphatic hydroxyl groups excluding tert-OH is 1. The summed E-state index contributed by atoms with van der Waals surface area (Å²) < 4.78 is 10.6. The maximum atomic E-state index is 13.3. The number of nitrogens with zero attached hydrogens (tertiary/aromatic N) is 2. The Morgan fingerprint density at radius 3 is 2.33 bits per heavy atom. The number of halogens is 4. The Morgan fingerprint density at radius 2 is 1.72 bits per heavy atom. The first-order valence-corrected chi connectivity index (χ1v) is 11.9. The molecule has 1 amide bonds. The van der Waals surface area contributed by atoms with Crippen LogP contribution in [0.1, 0.15) is 22.7 Å². The fraction of sp³-hybridized carbons (Fsp3) is 0.160. The van der Waals surface area contributed by atoms with Gasteiger partial charge in [0, 0.05) is 18.9 Å². The van der Waals surface area contributed by atoms with Gasteiger partial charge in [-0.25, -0.2) is 0 Å². The van der Waals surface area contributed by atoms with Crippen molar-refractivity contribution < 1.29 is 24.2 Å². The molecule has 0 saturated carbocycles. The van der Waals surface area contributed by atoms with Crippen LogP contribution in [0.25, 0.3) is 5.76 Å². The van der Waals surface area contributed by atoms with Gasteiger partial charge in [0.25, 0.3) is 11.7 Å². The second-order valence-electron chi connectivity index (χ2n) is 7.75. The van der Waals surface area contributed by atoms with Crippen LogP contribution in [0.3, 0.4) is 0 Å². The molecule has 36 heavy (non-hydrogen) atoms. The first kappa shape index (κ1) is 26.1. The second kappa shape index (κ2) is 10.6. The molecule has 1 aliphatic rings. The van der Waals surface area contributed by atoms with Crippen LogP contribution in [0, 0.1) is 0 Å². The van der Waals surface area contributed by atoms with Gasteiger partial charge in [-0.05, 0) is 35.4 Å². The second-order valence-corrected chi connectivity index (χ2v) is 9.35. The van der Waals surface area contributed by atoms with E-state index in [2.05, 4.69) is 4.98 Å². The lowest BCUT2D eigenvalue weighted by Crippen LogP contribution is -2.29. The number of Topliss-reactive ketones (excluding diaryl/α,β-unsaturated/α-hetero) is 1. The average Bonchev–Trinajstić information content (AvgIpc) is 3.11. The standard InChI is InChI=1S/C25H18Cl4N2O5/c1-35-23-14(9-17(28)24(36-2)19(23)29)21(32)18-20(13-5-6-15(26)16(27)8-13)31(25(34)22(18)33)11-12-4-3-7-30-10-12/h3-10,20,32H,11H2,1-2H3/b21-18+. The summed E-state index contributed by atoms with van der Waals surface area (Å²) >= 11 is 25.1. The lowest BCUT2D eigenvalue weighted by atomic mass is 9.94. The highest BCUT2D eigenvalue weighted by Crippen LogP contribution is 2.47. The smallest absolute Gasteiger partial charge is 0.295 e. The molecule has 1 unspecified atom stereocenters. The van der Waals surface area contributed by atoms with Crippen molar-refractivity contribution in [3.8, 4) is 11.5 Å². The van der Waals surface area contributed by atoms with Crippen molar-refractivity contribution in [2.45, 2.75) is 12.6 Å². The topological polar surface area (TPSA) is 89.0 Å². The van der Waals surface area contributed by atoms with Gasteiger partial charge in [-0.2, -0.15) is 0 Å². The third-order valence-corrected chi connectivity index (χ3v) is 7.03. The number of ether oxygens (including phenoxy) is 2. The Hall–Kier alpha value is -2.97. The molecule has 0 bridgehead atoms. The minimum Gasteiger partial charge on any atom is -0.507 e. The molecule has 4 rings (SSSR count). The van der Waals surface area contributed by atoms with Gasteiger partial charge in [-0.1, -0.05) is 58.5 Å². The number of carbonyl (C=O) groups is 2. The molecule has 3 aromatic rings. The third kappa shape index (κ3) is 4.60. The van der Waals surface area contributed by atoms with Crippen molar-refractivity contribution >= 4 is 63.9 Å². The fourth-order valence-electron chi connectivity index (χ4n) is 4.05. The minimum atomic E-state index is -1.01. The Bertz CT molecular complexity index is 1390. The Labute approximate surface area is 226 Å². The summed E-state index contributed by atoms with van der Waals surface area (Å²) in [6.07, 6.45) is 3.18. The number of hydrogen-bond donors (Lipinski definition) is 1. The average molecular weight is 568 g/mol. The highest BCUT2D eigenvalue weighted by molar-refractivity contribution is 6.47. The van der Waals surface area contributed by atoms with E-state index in [1.54, 1.807) is 36.7 Å². The van der Waals surface area contributed by atoms with Crippen LogP contribution in [0.15, 0.2) is 54.4 Å². The third-order valence-electron chi connectivity index (χ3n) is 5.67. The molecule has 1 fully saturated rings. The minimum absolute atomic E-state index is 0.00951. The van der Waals surface area contributed by atoms with Gasteiger partial charge in [0.05, 0.1) is 46.5 Å². The van der Waals surface area contributed by atoms with Crippen LogP contribution in [0.5, 0.6) is 11.5 Å². The monoisotopic (exact) mass is 566 g/mol. The van der Waals surface area contributed by atoms with Crippen LogP contribution in [0.2, 0.25) is 20.1 Å². The molecule has 0 aliphatic carbocycles. The predicted molar refractivity (Wildman–Crippen MR) is 138 cm³/mol. The summed E-state index contributed by atoms with van der Waals surface area (Å²) in [4.78, 5) is 32.0. The van der Waals surface area contributed by atoms with E-state index in [9.17, 15) is 14.7 Å². The Morgan fingerprint density at radius 1 is 1.00 bits per heavy atom. The number of hydrogen-bond acceptors (Lipinski definition) is 6. The van der Waals surface area contributed by atoms with Crippen molar-refractivity contribution in [2.24, 2.45) is 0 Å². The molecule has 1 aliphatic heterocycles. The zero-order chi connectivity index (χ0) is 26.1. The zero-order valence-electron chi connectivity index (χ0n) is 18.9. The molecule has 7 nitrogen and oxygen atoms in total. The van der Waals surface area contributed by atoms with Gasteiger partial charge in [-0.3, -0.25) is 14.6 Å². The van der Waals surface area contributed by atoms with Gasteiger partial charge in [0.2, 0.25) is 0 Å². The highest BCUT2D eigenvalue weighted by Gasteiger charge is 2.46. The molecule has 1 N–H and O–H groups in total. The molecular weight excluding hydrogens is 550 g/mol. The predicted octanol–water partition coefficient (Wildman–Crippen LogP) is 6.33. The number of pyridine rings is 1. The van der Waals surface area contributed by atoms with Gasteiger partial charge < -0.3 is 19.5 Å². The van der Waals surface area contributed by atoms with Crippen molar-refractivity contribution in [2.75, 3.05) is 14.2 Å². The van der Waals surface area contributed by atoms with Crippen molar-refractivity contribution in [1.82, 2.24) is 9.88 Å². The number of aliphatic hydroxyl groups is 1. The van der Waals surface area contributed by atoms with Crippen LogP contribution in [0.4, 0.5) is 0 Å². The summed E-state index contributed by atoms with van der Waals surface area (Å²) in [7, 11) is 2.71. The summed E-state index contributed by atoms with van der Waals surface area (Å²) in [6.45, 7) is 0.0430. The van der Waals surface area contributed by atoms with Gasteiger partial charge in [0.1, 0.15) is 10.8 Å². The number of amides is 1. The van der Waals surface area contributed by atoms with E-state index in [0.29, 0.717) is 16.1 Å². The van der Waals surface area contributed by atoms with E-state index >= 15 is 0 Å². The summed E-state index contributed by atoms with van der Waals surface area (Å²) in [5.74, 6) is -2.10. The van der Waals surface area contributed by atoms with Gasteiger partial charge in [-0.15, -0.1) is 0 Å². The largest absolute Gasteiger partial charge is 0.507 e. The van der Waals surface area contributed by atoms with Crippen LogP contribution in [-0.4, -0.2) is 40.9 Å². The number of carbonyl (C=O) groups excluding carboxylic acids is 2. The van der Waals surface area contributed by atoms with E-state index in [1.807, 2.05) is 0 Å². The highest BCUT2D eigenvalue weighted by atomic mass is 35.5. The van der Waals surface area contributed by atoms with Crippen molar-refractivity contribution in [3.05, 3.63) is 91.1 Å². The molecule has 2 heterocycles.